The molecule has 0 aliphatic heterocycles. The van der Waals surface area contributed by atoms with Crippen molar-refractivity contribution in [1.82, 2.24) is 10.2 Å². The zero-order valence-corrected chi connectivity index (χ0v) is 15.5. The van der Waals surface area contributed by atoms with Gasteiger partial charge in [0.15, 0.2) is 5.44 Å². The molecule has 0 N–H and O–H groups in total. The molecule has 0 aliphatic carbocycles. The number of rotatable bonds is 7. The molecule has 2 aromatic rings. The number of hydrogen-bond acceptors (Lipinski definition) is 9. The van der Waals surface area contributed by atoms with Crippen LogP contribution < -0.4 is 9.47 Å². The Morgan fingerprint density at radius 1 is 1.04 bits per heavy atom. The molecule has 0 radical (unpaired) electrons. The standard InChI is InChI=1S/C16H20N2O6S/c1-9(2)22-16(19)23-10(3)25-15-18-17-14(24-15)11-6-12(20-4)8-13(7-11)21-5/h6-10H,1-5H3/t10-/m1/s1. The molecular formula is C16H20N2O6S. The molecule has 9 heteroatoms. The van der Waals surface area contributed by atoms with Crippen LogP contribution >= 0.6 is 11.8 Å². The second-order valence-corrected chi connectivity index (χ2v) is 6.44. The molecule has 0 amide bonds. The average molecular weight is 368 g/mol. The molecule has 0 spiro atoms. The van der Waals surface area contributed by atoms with Crippen LogP contribution in [0.4, 0.5) is 4.79 Å². The normalized spacial score (nSPS) is 11.9. The molecular weight excluding hydrogens is 348 g/mol. The summed E-state index contributed by atoms with van der Waals surface area (Å²) in [4.78, 5) is 11.5. The number of thioether (sulfide) groups is 1. The van der Waals surface area contributed by atoms with Crippen LogP contribution in [0.1, 0.15) is 20.8 Å². The van der Waals surface area contributed by atoms with Crippen LogP contribution in [0.25, 0.3) is 11.5 Å². The summed E-state index contributed by atoms with van der Waals surface area (Å²) in [5, 5.41) is 8.21. The van der Waals surface area contributed by atoms with E-state index in [9.17, 15) is 4.79 Å². The lowest BCUT2D eigenvalue weighted by atomic mass is 10.2. The van der Waals surface area contributed by atoms with Crippen molar-refractivity contribution in [3.8, 4) is 23.0 Å². The maximum absolute atomic E-state index is 11.5. The Balaban J connectivity index is 2.06. The monoisotopic (exact) mass is 368 g/mol. The predicted molar refractivity (Wildman–Crippen MR) is 90.9 cm³/mol. The van der Waals surface area contributed by atoms with Gasteiger partial charge in [-0.15, -0.1) is 10.2 Å². The van der Waals surface area contributed by atoms with Gasteiger partial charge in [-0.3, -0.25) is 0 Å². The van der Waals surface area contributed by atoms with Crippen LogP contribution in [-0.2, 0) is 9.47 Å². The molecule has 25 heavy (non-hydrogen) atoms. The minimum Gasteiger partial charge on any atom is -0.497 e. The fourth-order valence-corrected chi connectivity index (χ4v) is 2.45. The molecule has 0 unspecified atom stereocenters. The van der Waals surface area contributed by atoms with E-state index in [1.807, 2.05) is 0 Å². The third kappa shape index (κ3) is 5.56. The first-order chi connectivity index (χ1) is 11.9. The summed E-state index contributed by atoms with van der Waals surface area (Å²) in [5.41, 5.74) is 0.114. The highest BCUT2D eigenvalue weighted by molar-refractivity contribution is 7.99. The lowest BCUT2D eigenvalue weighted by Gasteiger charge is -2.12. The van der Waals surface area contributed by atoms with Crippen LogP contribution in [-0.4, -0.2) is 42.1 Å². The summed E-state index contributed by atoms with van der Waals surface area (Å²) in [6.07, 6.45) is -0.991. The zero-order chi connectivity index (χ0) is 18.4. The summed E-state index contributed by atoms with van der Waals surface area (Å²) in [5.74, 6) is 1.52. The lowest BCUT2D eigenvalue weighted by Crippen LogP contribution is -2.17. The van der Waals surface area contributed by atoms with Crippen molar-refractivity contribution in [2.45, 2.75) is 37.5 Å². The van der Waals surface area contributed by atoms with Gasteiger partial charge in [0.05, 0.1) is 20.3 Å². The highest BCUT2D eigenvalue weighted by Gasteiger charge is 2.18. The fourth-order valence-electron chi connectivity index (χ4n) is 1.83. The van der Waals surface area contributed by atoms with E-state index in [-0.39, 0.29) is 11.3 Å². The molecule has 0 saturated heterocycles. The molecule has 0 aliphatic rings. The van der Waals surface area contributed by atoms with Gasteiger partial charge in [-0.25, -0.2) is 4.79 Å². The molecule has 2 rings (SSSR count). The minimum absolute atomic E-state index is 0.247. The first-order valence-electron chi connectivity index (χ1n) is 7.52. The van der Waals surface area contributed by atoms with Gasteiger partial charge in [-0.2, -0.15) is 0 Å². The first kappa shape index (κ1) is 18.9. The summed E-state index contributed by atoms with van der Waals surface area (Å²) in [6.45, 7) is 5.17. The van der Waals surface area contributed by atoms with Gasteiger partial charge in [-0.1, -0.05) is 0 Å². The number of ether oxygens (including phenoxy) is 4. The molecule has 0 saturated carbocycles. The third-order valence-corrected chi connectivity index (χ3v) is 3.66. The van der Waals surface area contributed by atoms with Crippen molar-refractivity contribution in [3.63, 3.8) is 0 Å². The number of carbonyl (C=O) groups excluding carboxylic acids is 1. The van der Waals surface area contributed by atoms with E-state index in [1.165, 1.54) is 0 Å². The Labute approximate surface area is 149 Å². The molecule has 0 bridgehead atoms. The quantitative estimate of drug-likeness (QED) is 0.411. The average Bonchev–Trinajstić information content (AvgIpc) is 3.01. The van der Waals surface area contributed by atoms with Gasteiger partial charge < -0.3 is 23.4 Å². The molecule has 1 aromatic carbocycles. The number of methoxy groups -OCH3 is 2. The summed E-state index contributed by atoms with van der Waals surface area (Å²) in [6, 6.07) is 5.25. The van der Waals surface area contributed by atoms with E-state index in [1.54, 1.807) is 53.2 Å². The Morgan fingerprint density at radius 3 is 2.24 bits per heavy atom. The minimum atomic E-state index is -0.743. The van der Waals surface area contributed by atoms with Crippen LogP contribution in [0.3, 0.4) is 0 Å². The SMILES string of the molecule is COc1cc(OC)cc(-c2nnc(S[C@H](C)OC(=O)OC(C)C)o2)c1. The van der Waals surface area contributed by atoms with Gasteiger partial charge in [0.25, 0.3) is 5.22 Å². The van der Waals surface area contributed by atoms with Crippen molar-refractivity contribution >= 4 is 17.9 Å². The number of aromatic nitrogens is 2. The fraction of sp³-hybridized carbons (Fsp3) is 0.438. The van der Waals surface area contributed by atoms with Crippen molar-refractivity contribution < 1.29 is 28.2 Å². The molecule has 136 valence electrons. The Bertz CT molecular complexity index is 696. The van der Waals surface area contributed by atoms with Gasteiger partial charge in [0.2, 0.25) is 5.89 Å². The highest BCUT2D eigenvalue weighted by atomic mass is 32.2. The van der Waals surface area contributed by atoms with Crippen molar-refractivity contribution in [1.29, 1.82) is 0 Å². The number of nitrogens with zero attached hydrogens (tertiary/aromatic N) is 2. The molecule has 1 atom stereocenters. The smallest absolute Gasteiger partial charge is 0.497 e. The zero-order valence-electron chi connectivity index (χ0n) is 14.6. The van der Waals surface area contributed by atoms with Crippen molar-refractivity contribution in [3.05, 3.63) is 18.2 Å². The summed E-state index contributed by atoms with van der Waals surface area (Å²) < 4.78 is 26.0. The van der Waals surface area contributed by atoms with Crippen LogP contribution in [0.15, 0.2) is 27.8 Å². The molecule has 1 aromatic heterocycles. The summed E-state index contributed by atoms with van der Waals surface area (Å²) >= 11 is 1.11. The van der Waals surface area contributed by atoms with Gasteiger partial charge in [-0.05, 0) is 44.7 Å². The van der Waals surface area contributed by atoms with E-state index in [4.69, 9.17) is 23.4 Å². The van der Waals surface area contributed by atoms with Gasteiger partial charge in [0, 0.05) is 11.6 Å². The first-order valence-corrected chi connectivity index (χ1v) is 8.40. The van der Waals surface area contributed by atoms with E-state index < -0.39 is 11.6 Å². The van der Waals surface area contributed by atoms with Crippen molar-refractivity contribution in [2.75, 3.05) is 14.2 Å². The molecule has 0 fully saturated rings. The number of carbonyl (C=O) groups is 1. The maximum atomic E-state index is 11.5. The maximum Gasteiger partial charge on any atom is 0.509 e. The summed E-state index contributed by atoms with van der Waals surface area (Å²) in [7, 11) is 3.12. The number of hydrogen-bond donors (Lipinski definition) is 0. The van der Waals surface area contributed by atoms with E-state index in [0.29, 0.717) is 23.0 Å². The van der Waals surface area contributed by atoms with Crippen molar-refractivity contribution in [2.24, 2.45) is 0 Å². The Morgan fingerprint density at radius 2 is 1.68 bits per heavy atom. The lowest BCUT2D eigenvalue weighted by molar-refractivity contribution is 0.0310. The van der Waals surface area contributed by atoms with Crippen LogP contribution in [0.2, 0.25) is 0 Å². The largest absolute Gasteiger partial charge is 0.509 e. The van der Waals surface area contributed by atoms with E-state index in [0.717, 1.165) is 11.8 Å². The molecule has 8 nitrogen and oxygen atoms in total. The third-order valence-electron chi connectivity index (χ3n) is 2.87. The topological polar surface area (TPSA) is 92.9 Å². The number of benzene rings is 1. The van der Waals surface area contributed by atoms with E-state index >= 15 is 0 Å². The second-order valence-electron chi connectivity index (χ2n) is 5.19. The van der Waals surface area contributed by atoms with E-state index in [2.05, 4.69) is 10.2 Å². The molecule has 1 heterocycles. The highest BCUT2D eigenvalue weighted by Crippen LogP contribution is 2.31. The Hall–Kier alpha value is -2.42. The van der Waals surface area contributed by atoms with Gasteiger partial charge in [0.1, 0.15) is 11.5 Å². The second kappa shape index (κ2) is 8.61. The predicted octanol–water partition coefficient (Wildman–Crippen LogP) is 3.75. The van der Waals surface area contributed by atoms with Crippen LogP contribution in [0.5, 0.6) is 11.5 Å². The van der Waals surface area contributed by atoms with Crippen LogP contribution in [0, 0.1) is 0 Å². The van der Waals surface area contributed by atoms with Gasteiger partial charge >= 0.3 is 6.16 Å². The Kier molecular flexibility index (Phi) is 6.51.